The molecule has 1 aromatic heterocycles. The summed E-state index contributed by atoms with van der Waals surface area (Å²) in [6.45, 7) is 2.31. The zero-order chi connectivity index (χ0) is 17.2. The summed E-state index contributed by atoms with van der Waals surface area (Å²) in [6, 6.07) is 7.43. The molecule has 2 N–H and O–H groups in total. The van der Waals surface area contributed by atoms with E-state index in [1.54, 1.807) is 6.20 Å². The number of carbonyl (C=O) groups excluding carboxylic acids is 2. The van der Waals surface area contributed by atoms with Gasteiger partial charge >= 0.3 is 0 Å². The molecule has 2 amide bonds. The maximum Gasteiger partial charge on any atom is 0.263 e. The van der Waals surface area contributed by atoms with Crippen molar-refractivity contribution < 1.29 is 9.59 Å². The van der Waals surface area contributed by atoms with E-state index in [-0.39, 0.29) is 11.5 Å². The number of nitrogens with one attached hydrogen (secondary N) is 2. The first kappa shape index (κ1) is 17.5. The number of likely N-dealkylation sites (tertiary alicyclic amines) is 1. The molecule has 0 aromatic carbocycles. The molecule has 1 saturated heterocycles. The van der Waals surface area contributed by atoms with Gasteiger partial charge in [-0.1, -0.05) is 6.07 Å². The number of amides is 2. The Kier molecular flexibility index (Phi) is 6.77. The maximum atomic E-state index is 11.9. The van der Waals surface area contributed by atoms with Crippen molar-refractivity contribution in [2.24, 2.45) is 0 Å². The first-order valence-corrected chi connectivity index (χ1v) is 8.00. The molecule has 0 atom stereocenters. The molecule has 1 fully saturated rings. The van der Waals surface area contributed by atoms with Crippen LogP contribution in [0, 0.1) is 11.3 Å². The van der Waals surface area contributed by atoms with Crippen LogP contribution in [0.25, 0.3) is 0 Å². The lowest BCUT2D eigenvalue weighted by molar-refractivity contribution is -0.127. The molecule has 7 nitrogen and oxygen atoms in total. The molecule has 1 aliphatic heterocycles. The Hall–Kier alpha value is -2.88. The summed E-state index contributed by atoms with van der Waals surface area (Å²) >= 11 is 0. The second-order valence-corrected chi connectivity index (χ2v) is 5.47. The van der Waals surface area contributed by atoms with Gasteiger partial charge in [0, 0.05) is 38.5 Å². The van der Waals surface area contributed by atoms with Crippen LogP contribution < -0.4 is 10.6 Å². The number of nitrogens with zero attached hydrogens (tertiary/aromatic N) is 3. The van der Waals surface area contributed by atoms with Crippen molar-refractivity contribution in [1.29, 1.82) is 5.26 Å². The molecule has 1 aromatic rings. The summed E-state index contributed by atoms with van der Waals surface area (Å²) in [6.07, 6.45) is 5.29. The summed E-state index contributed by atoms with van der Waals surface area (Å²) in [4.78, 5) is 29.4. The van der Waals surface area contributed by atoms with Crippen LogP contribution in [0.1, 0.15) is 25.0 Å². The molecule has 0 bridgehead atoms. The smallest absolute Gasteiger partial charge is 0.263 e. The van der Waals surface area contributed by atoms with Crippen LogP contribution in [-0.2, 0) is 16.1 Å². The van der Waals surface area contributed by atoms with Gasteiger partial charge in [-0.15, -0.1) is 0 Å². The van der Waals surface area contributed by atoms with Gasteiger partial charge in [0.2, 0.25) is 5.91 Å². The highest BCUT2D eigenvalue weighted by molar-refractivity contribution is 5.97. The van der Waals surface area contributed by atoms with Gasteiger partial charge in [0.15, 0.2) is 0 Å². The second kappa shape index (κ2) is 9.30. The van der Waals surface area contributed by atoms with E-state index in [1.807, 2.05) is 29.2 Å². The van der Waals surface area contributed by atoms with Crippen molar-refractivity contribution in [3.63, 3.8) is 0 Å². The summed E-state index contributed by atoms with van der Waals surface area (Å²) in [7, 11) is 0. The molecule has 2 heterocycles. The highest BCUT2D eigenvalue weighted by Gasteiger charge is 2.19. The Morgan fingerprint density at radius 3 is 3.00 bits per heavy atom. The van der Waals surface area contributed by atoms with Crippen molar-refractivity contribution in [3.8, 4) is 6.07 Å². The number of nitriles is 1. The number of hydrogen-bond donors (Lipinski definition) is 2. The third-order valence-corrected chi connectivity index (χ3v) is 3.68. The molecule has 1 aliphatic rings. The van der Waals surface area contributed by atoms with Gasteiger partial charge in [-0.25, -0.2) is 0 Å². The fourth-order valence-corrected chi connectivity index (χ4v) is 2.42. The molecular weight excluding hydrogens is 306 g/mol. The molecule has 0 aliphatic carbocycles. The molecule has 24 heavy (non-hydrogen) atoms. The van der Waals surface area contributed by atoms with E-state index in [4.69, 9.17) is 5.26 Å². The first-order valence-electron chi connectivity index (χ1n) is 8.00. The minimum atomic E-state index is -0.418. The van der Waals surface area contributed by atoms with Crippen molar-refractivity contribution in [2.45, 2.75) is 25.8 Å². The number of pyridine rings is 1. The summed E-state index contributed by atoms with van der Waals surface area (Å²) in [5, 5.41) is 14.7. The molecular formula is C17H21N5O2. The van der Waals surface area contributed by atoms with Gasteiger partial charge < -0.3 is 15.5 Å². The standard InChI is InChI=1S/C17H21N5O2/c18-11-14(12-19-13-15-5-1-2-7-20-15)17(24)21-8-4-10-22-9-3-6-16(22)23/h1-2,5,7,12,19H,3-4,6,8-10,13H2,(H,21,24)/b14-12-. The van der Waals surface area contributed by atoms with Crippen molar-refractivity contribution >= 4 is 11.8 Å². The predicted molar refractivity (Wildman–Crippen MR) is 88.2 cm³/mol. The SMILES string of the molecule is N#C/C(=C/NCc1ccccn1)C(=O)NCCCN1CCCC1=O. The molecule has 0 radical (unpaired) electrons. The second-order valence-electron chi connectivity index (χ2n) is 5.47. The van der Waals surface area contributed by atoms with E-state index in [0.717, 1.165) is 18.7 Å². The van der Waals surface area contributed by atoms with Gasteiger partial charge in [0.25, 0.3) is 5.91 Å². The van der Waals surface area contributed by atoms with E-state index in [0.29, 0.717) is 32.5 Å². The number of carbonyl (C=O) groups is 2. The summed E-state index contributed by atoms with van der Waals surface area (Å²) < 4.78 is 0. The Labute approximate surface area is 141 Å². The van der Waals surface area contributed by atoms with E-state index in [2.05, 4.69) is 15.6 Å². The Balaban J connectivity index is 1.69. The normalized spacial score (nSPS) is 14.4. The third-order valence-electron chi connectivity index (χ3n) is 3.68. The number of aromatic nitrogens is 1. The van der Waals surface area contributed by atoms with Crippen LogP contribution in [0.5, 0.6) is 0 Å². The highest BCUT2D eigenvalue weighted by atomic mass is 16.2. The zero-order valence-corrected chi connectivity index (χ0v) is 13.5. The van der Waals surface area contributed by atoms with Crippen molar-refractivity contribution in [3.05, 3.63) is 41.9 Å². The van der Waals surface area contributed by atoms with Crippen molar-refractivity contribution in [1.82, 2.24) is 20.5 Å². The van der Waals surface area contributed by atoms with Gasteiger partial charge in [-0.3, -0.25) is 14.6 Å². The molecule has 2 rings (SSSR count). The Morgan fingerprint density at radius 2 is 2.33 bits per heavy atom. The van der Waals surface area contributed by atoms with Gasteiger partial charge in [0.1, 0.15) is 11.6 Å². The highest BCUT2D eigenvalue weighted by Crippen LogP contribution is 2.09. The molecule has 0 spiro atoms. The minimum absolute atomic E-state index is 0.0168. The average Bonchev–Trinajstić information content (AvgIpc) is 3.01. The Bertz CT molecular complexity index is 636. The monoisotopic (exact) mass is 327 g/mol. The van der Waals surface area contributed by atoms with Crippen molar-refractivity contribution in [2.75, 3.05) is 19.6 Å². The number of hydrogen-bond acceptors (Lipinski definition) is 5. The lowest BCUT2D eigenvalue weighted by atomic mass is 10.3. The van der Waals surface area contributed by atoms with E-state index < -0.39 is 5.91 Å². The quantitative estimate of drug-likeness (QED) is 0.416. The zero-order valence-electron chi connectivity index (χ0n) is 13.5. The molecule has 126 valence electrons. The molecule has 0 saturated carbocycles. The van der Waals surface area contributed by atoms with Crippen LogP contribution >= 0.6 is 0 Å². The number of rotatable bonds is 8. The van der Waals surface area contributed by atoms with Crippen LogP contribution in [-0.4, -0.2) is 41.3 Å². The Morgan fingerprint density at radius 1 is 1.46 bits per heavy atom. The van der Waals surface area contributed by atoms with Gasteiger partial charge in [-0.2, -0.15) is 5.26 Å². The minimum Gasteiger partial charge on any atom is -0.384 e. The van der Waals surface area contributed by atoms with E-state index >= 15 is 0 Å². The van der Waals surface area contributed by atoms with Crippen LogP contribution in [0.15, 0.2) is 36.2 Å². The largest absolute Gasteiger partial charge is 0.384 e. The lowest BCUT2D eigenvalue weighted by Gasteiger charge is -2.15. The van der Waals surface area contributed by atoms with E-state index in [9.17, 15) is 9.59 Å². The summed E-state index contributed by atoms with van der Waals surface area (Å²) in [5.74, 6) is -0.239. The summed E-state index contributed by atoms with van der Waals surface area (Å²) in [5.41, 5.74) is 0.838. The van der Waals surface area contributed by atoms with Crippen LogP contribution in [0.3, 0.4) is 0 Å². The molecule has 0 unspecified atom stereocenters. The van der Waals surface area contributed by atoms with Crippen LogP contribution in [0.4, 0.5) is 0 Å². The van der Waals surface area contributed by atoms with Crippen LogP contribution in [0.2, 0.25) is 0 Å². The predicted octanol–water partition coefficient (Wildman–Crippen LogP) is 0.707. The topological polar surface area (TPSA) is 98.1 Å². The molecule has 7 heteroatoms. The fourth-order valence-electron chi connectivity index (χ4n) is 2.42. The third kappa shape index (κ3) is 5.39. The van der Waals surface area contributed by atoms with Gasteiger partial charge in [0.05, 0.1) is 12.2 Å². The van der Waals surface area contributed by atoms with Gasteiger partial charge in [-0.05, 0) is 25.0 Å². The maximum absolute atomic E-state index is 11.9. The first-order chi connectivity index (χ1) is 11.7. The lowest BCUT2D eigenvalue weighted by Crippen LogP contribution is -2.31. The van der Waals surface area contributed by atoms with E-state index in [1.165, 1.54) is 6.20 Å². The average molecular weight is 327 g/mol. The fraction of sp³-hybridized carbons (Fsp3) is 0.412.